The molecule has 3 heteroatoms. The highest BCUT2D eigenvalue weighted by Crippen LogP contribution is 2.14. The minimum absolute atomic E-state index is 0.0637. The van der Waals surface area contributed by atoms with E-state index in [-0.39, 0.29) is 12.7 Å². The average molecular weight is 166 g/mol. The summed E-state index contributed by atoms with van der Waals surface area (Å²) in [6, 6.07) is 5.63. The zero-order valence-corrected chi connectivity index (χ0v) is 6.66. The van der Waals surface area contributed by atoms with Crippen LogP contribution in [0.4, 0.5) is 0 Å². The zero-order valence-electron chi connectivity index (χ0n) is 8.66. The SMILES string of the molecule is [2H]C1([2H])CO[C@@H](c2ccccn2)CN1. The first-order valence-corrected chi connectivity index (χ1v) is 3.95. The van der Waals surface area contributed by atoms with Gasteiger partial charge in [0, 0.05) is 22.0 Å². The van der Waals surface area contributed by atoms with Crippen molar-refractivity contribution < 1.29 is 7.48 Å². The quantitative estimate of drug-likeness (QED) is 0.668. The summed E-state index contributed by atoms with van der Waals surface area (Å²) < 4.78 is 20.2. The molecule has 0 aromatic carbocycles. The molecule has 12 heavy (non-hydrogen) atoms. The van der Waals surface area contributed by atoms with Crippen LogP contribution in [0.2, 0.25) is 0 Å². The third-order valence-corrected chi connectivity index (χ3v) is 1.79. The normalized spacial score (nSPS) is 30.5. The van der Waals surface area contributed by atoms with Gasteiger partial charge >= 0.3 is 0 Å². The van der Waals surface area contributed by atoms with Crippen molar-refractivity contribution >= 4 is 0 Å². The molecule has 2 heterocycles. The lowest BCUT2D eigenvalue weighted by Gasteiger charge is -2.22. The Morgan fingerprint density at radius 2 is 2.67 bits per heavy atom. The molecule has 0 unspecified atom stereocenters. The van der Waals surface area contributed by atoms with Crippen LogP contribution in [0.5, 0.6) is 0 Å². The molecule has 1 aliphatic rings. The predicted molar refractivity (Wildman–Crippen MR) is 45.8 cm³/mol. The van der Waals surface area contributed by atoms with Crippen molar-refractivity contribution in [3.05, 3.63) is 30.1 Å². The van der Waals surface area contributed by atoms with E-state index < -0.39 is 6.50 Å². The Labute approximate surface area is 74.6 Å². The second-order valence-corrected chi connectivity index (χ2v) is 2.61. The third-order valence-electron chi connectivity index (χ3n) is 1.79. The van der Waals surface area contributed by atoms with Gasteiger partial charge in [0.25, 0.3) is 0 Å². The van der Waals surface area contributed by atoms with E-state index in [1.807, 2.05) is 18.2 Å². The molecule has 0 aliphatic carbocycles. The van der Waals surface area contributed by atoms with Crippen LogP contribution in [0.3, 0.4) is 0 Å². The van der Waals surface area contributed by atoms with Gasteiger partial charge in [-0.3, -0.25) is 4.98 Å². The first kappa shape index (κ1) is 5.67. The van der Waals surface area contributed by atoms with Gasteiger partial charge in [0.1, 0.15) is 6.10 Å². The monoisotopic (exact) mass is 166 g/mol. The summed E-state index contributed by atoms with van der Waals surface area (Å²) in [7, 11) is 0. The van der Waals surface area contributed by atoms with E-state index in [1.165, 1.54) is 0 Å². The number of nitrogens with zero attached hydrogens (tertiary/aromatic N) is 1. The van der Waals surface area contributed by atoms with Crippen LogP contribution in [0.1, 0.15) is 14.5 Å². The smallest absolute Gasteiger partial charge is 0.112 e. The molecule has 1 fully saturated rings. The van der Waals surface area contributed by atoms with Crippen LogP contribution >= 0.6 is 0 Å². The first-order valence-electron chi connectivity index (χ1n) is 4.95. The van der Waals surface area contributed by atoms with Gasteiger partial charge in [-0.2, -0.15) is 0 Å². The van der Waals surface area contributed by atoms with E-state index in [9.17, 15) is 0 Å². The van der Waals surface area contributed by atoms with E-state index >= 15 is 0 Å². The van der Waals surface area contributed by atoms with E-state index in [0.717, 1.165) is 5.69 Å². The highest BCUT2D eigenvalue weighted by molar-refractivity contribution is 5.07. The van der Waals surface area contributed by atoms with E-state index in [0.29, 0.717) is 6.54 Å². The van der Waals surface area contributed by atoms with Gasteiger partial charge in [0.15, 0.2) is 0 Å². The van der Waals surface area contributed by atoms with Crippen LogP contribution in [0.25, 0.3) is 0 Å². The van der Waals surface area contributed by atoms with Gasteiger partial charge in [0.2, 0.25) is 0 Å². The standard InChI is InChI=1S/C9H12N2O/c1-2-4-11-8(3-1)9-7-10-5-6-12-9/h1-4,9-10H,5-7H2/t9-/m1/s1/i5D2. The maximum atomic E-state index is 7.39. The van der Waals surface area contributed by atoms with Crippen molar-refractivity contribution in [2.75, 3.05) is 19.6 Å². The molecule has 1 aromatic rings. The summed E-state index contributed by atoms with van der Waals surface area (Å²) in [5, 5.41) is 2.78. The first-order chi connectivity index (χ1) is 6.67. The fourth-order valence-electron chi connectivity index (χ4n) is 1.17. The Kier molecular flexibility index (Phi) is 1.72. The van der Waals surface area contributed by atoms with Crippen molar-refractivity contribution in [1.82, 2.24) is 10.3 Å². The fraction of sp³-hybridized carbons (Fsp3) is 0.444. The summed E-state index contributed by atoms with van der Waals surface area (Å²) in [5.41, 5.74) is 0.843. The van der Waals surface area contributed by atoms with Gasteiger partial charge in [-0.1, -0.05) is 6.07 Å². The molecule has 1 aliphatic heterocycles. The molecule has 0 spiro atoms. The minimum atomic E-state index is -1.41. The lowest BCUT2D eigenvalue weighted by atomic mass is 10.2. The fourth-order valence-corrected chi connectivity index (χ4v) is 1.17. The van der Waals surface area contributed by atoms with E-state index in [4.69, 9.17) is 7.48 Å². The topological polar surface area (TPSA) is 34.1 Å². The molecule has 1 aromatic heterocycles. The molecule has 1 atom stereocenters. The maximum absolute atomic E-state index is 7.39. The second-order valence-electron chi connectivity index (χ2n) is 2.61. The van der Waals surface area contributed by atoms with E-state index in [1.54, 1.807) is 6.20 Å². The number of nitrogens with one attached hydrogen (secondary N) is 1. The van der Waals surface area contributed by atoms with Crippen LogP contribution in [0.15, 0.2) is 24.4 Å². The van der Waals surface area contributed by atoms with Crippen molar-refractivity contribution in [2.24, 2.45) is 0 Å². The molecule has 0 radical (unpaired) electrons. The summed E-state index contributed by atoms with van der Waals surface area (Å²) in [4.78, 5) is 4.16. The molecule has 0 amide bonds. The maximum Gasteiger partial charge on any atom is 0.112 e. The Hall–Kier alpha value is -0.930. The molecular formula is C9H12N2O. The molecule has 0 bridgehead atoms. The summed E-state index contributed by atoms with van der Waals surface area (Å²) in [6.45, 7) is -0.885. The number of aromatic nitrogens is 1. The number of hydrogen-bond donors (Lipinski definition) is 1. The van der Waals surface area contributed by atoms with Gasteiger partial charge < -0.3 is 10.1 Å². The highest BCUT2D eigenvalue weighted by Gasteiger charge is 2.15. The van der Waals surface area contributed by atoms with Crippen molar-refractivity contribution in [3.63, 3.8) is 0 Å². The Morgan fingerprint density at radius 3 is 3.33 bits per heavy atom. The van der Waals surface area contributed by atoms with Gasteiger partial charge in [-0.25, -0.2) is 0 Å². The lowest BCUT2D eigenvalue weighted by molar-refractivity contribution is 0.0250. The van der Waals surface area contributed by atoms with E-state index in [2.05, 4.69) is 10.3 Å². The van der Waals surface area contributed by atoms with Crippen LogP contribution in [0, 0.1) is 0 Å². The molecule has 1 N–H and O–H groups in total. The third kappa shape index (κ3) is 1.62. The summed E-state index contributed by atoms with van der Waals surface area (Å²) in [5.74, 6) is 0. The number of ether oxygens (including phenoxy) is 1. The van der Waals surface area contributed by atoms with Crippen molar-refractivity contribution in [3.8, 4) is 0 Å². The molecular weight excluding hydrogens is 152 g/mol. The minimum Gasteiger partial charge on any atom is -0.369 e. The van der Waals surface area contributed by atoms with Crippen LogP contribution in [-0.4, -0.2) is 24.6 Å². The van der Waals surface area contributed by atoms with Gasteiger partial charge in [-0.15, -0.1) is 0 Å². The summed E-state index contributed by atoms with van der Waals surface area (Å²) in [6.07, 6.45) is 1.57. The zero-order chi connectivity index (χ0) is 10.0. The number of rotatable bonds is 1. The predicted octanol–water partition coefficient (Wildman–Crippen LogP) is 0.742. The van der Waals surface area contributed by atoms with Gasteiger partial charge in [0.05, 0.1) is 12.3 Å². The number of morpholine rings is 1. The molecule has 2 rings (SSSR count). The van der Waals surface area contributed by atoms with Crippen molar-refractivity contribution in [2.45, 2.75) is 6.10 Å². The van der Waals surface area contributed by atoms with Gasteiger partial charge in [-0.05, 0) is 12.1 Å². The average Bonchev–Trinajstić information content (AvgIpc) is 2.19. The Balaban J connectivity index is 2.03. The lowest BCUT2D eigenvalue weighted by Crippen LogP contribution is -2.33. The number of hydrogen-bond acceptors (Lipinski definition) is 3. The highest BCUT2D eigenvalue weighted by atomic mass is 16.5. The molecule has 0 saturated carbocycles. The molecule has 1 saturated heterocycles. The van der Waals surface area contributed by atoms with Crippen LogP contribution < -0.4 is 5.32 Å². The van der Waals surface area contributed by atoms with Crippen LogP contribution in [-0.2, 0) is 4.74 Å². The molecule has 64 valence electrons. The Bertz CT molecular complexity index is 295. The second kappa shape index (κ2) is 3.65. The molecule has 3 nitrogen and oxygen atoms in total. The Morgan fingerprint density at radius 1 is 1.67 bits per heavy atom. The summed E-state index contributed by atoms with van der Waals surface area (Å²) >= 11 is 0. The van der Waals surface area contributed by atoms with Crippen molar-refractivity contribution in [1.29, 1.82) is 0 Å². The largest absolute Gasteiger partial charge is 0.369 e. The number of pyridine rings is 1.